The second-order valence-corrected chi connectivity index (χ2v) is 9.10. The molecule has 2 heterocycles. The number of fused-ring (bicyclic) bond motifs is 1. The van der Waals surface area contributed by atoms with Gasteiger partial charge in [0.2, 0.25) is 0 Å². The monoisotopic (exact) mass is 414 g/mol. The number of carbonyl (C=O) groups excluding carboxylic acids is 1. The fraction of sp³-hybridized carbons (Fsp3) is 0.545. The van der Waals surface area contributed by atoms with Gasteiger partial charge in [-0.3, -0.25) is 14.4 Å². The lowest BCUT2D eigenvalue weighted by atomic mass is 9.89. The van der Waals surface area contributed by atoms with Gasteiger partial charge in [-0.1, -0.05) is 30.3 Å². The average molecular weight is 415 g/mol. The SMILES string of the molecule is Cn1nc(C(=O)N2CCSCC2)c2c1CC[C@H](N(CCO)Cc1ccccc1)C2. The second-order valence-electron chi connectivity index (χ2n) is 7.88. The van der Waals surface area contributed by atoms with Gasteiger partial charge in [0.05, 0.1) is 6.61 Å². The van der Waals surface area contributed by atoms with Crippen LogP contribution in [0, 0.1) is 0 Å². The molecule has 1 atom stereocenters. The molecule has 156 valence electrons. The van der Waals surface area contributed by atoms with E-state index in [0.717, 1.165) is 56.0 Å². The van der Waals surface area contributed by atoms with Crippen LogP contribution in [-0.2, 0) is 26.4 Å². The van der Waals surface area contributed by atoms with Crippen molar-refractivity contribution in [1.82, 2.24) is 19.6 Å². The Bertz CT molecular complexity index is 833. The predicted octanol–water partition coefficient (Wildman–Crippen LogP) is 1.96. The number of nitrogens with zero attached hydrogens (tertiary/aromatic N) is 4. The third kappa shape index (κ3) is 4.52. The molecule has 0 radical (unpaired) electrons. The summed E-state index contributed by atoms with van der Waals surface area (Å²) in [6.45, 7) is 3.21. The first-order chi connectivity index (χ1) is 14.2. The lowest BCUT2D eigenvalue weighted by Gasteiger charge is -2.34. The van der Waals surface area contributed by atoms with Crippen molar-refractivity contribution in [2.45, 2.75) is 31.8 Å². The number of aromatic nitrogens is 2. The van der Waals surface area contributed by atoms with E-state index in [1.54, 1.807) is 0 Å². The molecule has 0 unspecified atom stereocenters. The van der Waals surface area contributed by atoms with Gasteiger partial charge >= 0.3 is 0 Å². The van der Waals surface area contributed by atoms with Gasteiger partial charge in [-0.2, -0.15) is 16.9 Å². The summed E-state index contributed by atoms with van der Waals surface area (Å²) in [5.74, 6) is 2.09. The van der Waals surface area contributed by atoms with Crippen molar-refractivity contribution < 1.29 is 9.90 Å². The summed E-state index contributed by atoms with van der Waals surface area (Å²) in [7, 11) is 1.96. The Morgan fingerprint density at radius 3 is 2.76 bits per heavy atom. The van der Waals surface area contributed by atoms with Crippen LogP contribution in [0.3, 0.4) is 0 Å². The molecule has 1 saturated heterocycles. The van der Waals surface area contributed by atoms with Crippen LogP contribution in [0.2, 0.25) is 0 Å². The van der Waals surface area contributed by atoms with Crippen LogP contribution in [0.25, 0.3) is 0 Å². The highest BCUT2D eigenvalue weighted by Crippen LogP contribution is 2.29. The zero-order valence-corrected chi connectivity index (χ0v) is 17.9. The van der Waals surface area contributed by atoms with E-state index in [-0.39, 0.29) is 12.5 Å². The molecule has 6 nitrogen and oxygen atoms in total. The van der Waals surface area contributed by atoms with Crippen LogP contribution >= 0.6 is 11.8 Å². The highest BCUT2D eigenvalue weighted by atomic mass is 32.2. The lowest BCUT2D eigenvalue weighted by molar-refractivity contribution is 0.0763. The Labute approximate surface area is 176 Å². The van der Waals surface area contributed by atoms with Crippen molar-refractivity contribution in [2.75, 3.05) is 37.7 Å². The van der Waals surface area contributed by atoms with E-state index in [0.29, 0.717) is 18.3 Å². The van der Waals surface area contributed by atoms with Crippen LogP contribution in [0.5, 0.6) is 0 Å². The maximum atomic E-state index is 13.2. The summed E-state index contributed by atoms with van der Waals surface area (Å²) < 4.78 is 1.91. The summed E-state index contributed by atoms with van der Waals surface area (Å²) in [5, 5.41) is 14.3. The molecule has 0 saturated carbocycles. The molecule has 0 spiro atoms. The molecule has 0 bridgehead atoms. The van der Waals surface area contributed by atoms with Crippen LogP contribution in [0.4, 0.5) is 0 Å². The maximum Gasteiger partial charge on any atom is 0.274 e. The molecule has 1 aliphatic heterocycles. The first kappa shape index (κ1) is 20.4. The number of rotatable bonds is 6. The molecule has 1 aliphatic carbocycles. The molecule has 1 N–H and O–H groups in total. The van der Waals surface area contributed by atoms with Crippen molar-refractivity contribution >= 4 is 17.7 Å². The Kier molecular flexibility index (Phi) is 6.57. The number of aliphatic hydroxyl groups is 1. The number of carbonyl (C=O) groups is 1. The van der Waals surface area contributed by atoms with Gasteiger partial charge in [0.15, 0.2) is 5.69 Å². The van der Waals surface area contributed by atoms with Gasteiger partial charge in [0, 0.05) is 62.0 Å². The fourth-order valence-electron chi connectivity index (χ4n) is 4.51. The van der Waals surface area contributed by atoms with Crippen LogP contribution in [0.1, 0.15) is 33.7 Å². The number of hydrogen-bond acceptors (Lipinski definition) is 5. The first-order valence-corrected chi connectivity index (χ1v) is 11.6. The number of aliphatic hydroxyl groups excluding tert-OH is 1. The van der Waals surface area contributed by atoms with Gasteiger partial charge in [-0.05, 0) is 24.8 Å². The third-order valence-corrected chi connectivity index (χ3v) is 7.00. The van der Waals surface area contributed by atoms with E-state index in [1.807, 2.05) is 34.5 Å². The summed E-state index contributed by atoms with van der Waals surface area (Å²) in [6.07, 6.45) is 2.76. The fourth-order valence-corrected chi connectivity index (χ4v) is 5.41. The molecule has 1 amide bonds. The molecule has 7 heteroatoms. The zero-order chi connectivity index (χ0) is 20.2. The maximum absolute atomic E-state index is 13.2. The highest BCUT2D eigenvalue weighted by Gasteiger charge is 2.33. The van der Waals surface area contributed by atoms with Crippen molar-refractivity contribution in [3.63, 3.8) is 0 Å². The van der Waals surface area contributed by atoms with Crippen molar-refractivity contribution in [3.05, 3.63) is 52.8 Å². The standard InChI is InChI=1S/C22H30N4O2S/c1-24-20-8-7-18(26(9-12-27)16-17-5-3-2-4-6-17)15-19(20)21(23-24)22(28)25-10-13-29-14-11-25/h2-6,18,27H,7-16H2,1H3/t18-/m0/s1. The highest BCUT2D eigenvalue weighted by molar-refractivity contribution is 7.99. The van der Waals surface area contributed by atoms with E-state index < -0.39 is 0 Å². The van der Waals surface area contributed by atoms with Crippen molar-refractivity contribution in [1.29, 1.82) is 0 Å². The van der Waals surface area contributed by atoms with Gasteiger partial charge in [0.25, 0.3) is 5.91 Å². The van der Waals surface area contributed by atoms with Crippen LogP contribution in [0.15, 0.2) is 30.3 Å². The topological polar surface area (TPSA) is 61.6 Å². The Morgan fingerprint density at radius 2 is 2.03 bits per heavy atom. The van der Waals surface area contributed by atoms with Crippen LogP contribution in [-0.4, -0.2) is 74.4 Å². The molecule has 2 aliphatic rings. The summed E-state index contributed by atoms with van der Waals surface area (Å²) in [6, 6.07) is 10.7. The van der Waals surface area contributed by atoms with Crippen LogP contribution < -0.4 is 0 Å². The number of amides is 1. The third-order valence-electron chi connectivity index (χ3n) is 6.06. The minimum absolute atomic E-state index is 0.0829. The number of hydrogen-bond donors (Lipinski definition) is 1. The number of thioether (sulfide) groups is 1. The van der Waals surface area contributed by atoms with Gasteiger partial charge in [-0.25, -0.2) is 0 Å². The van der Waals surface area contributed by atoms with Gasteiger partial charge in [-0.15, -0.1) is 0 Å². The van der Waals surface area contributed by atoms with E-state index in [1.165, 1.54) is 11.3 Å². The molecular weight excluding hydrogens is 384 g/mol. The largest absolute Gasteiger partial charge is 0.395 e. The second kappa shape index (κ2) is 9.32. The Morgan fingerprint density at radius 1 is 1.28 bits per heavy atom. The Hall–Kier alpha value is -1.83. The number of aryl methyl sites for hydroxylation is 1. The van der Waals surface area contributed by atoms with E-state index >= 15 is 0 Å². The molecule has 1 aromatic carbocycles. The smallest absolute Gasteiger partial charge is 0.274 e. The van der Waals surface area contributed by atoms with E-state index in [2.05, 4.69) is 34.3 Å². The minimum Gasteiger partial charge on any atom is -0.395 e. The average Bonchev–Trinajstić information content (AvgIpc) is 3.10. The van der Waals surface area contributed by atoms with Crippen molar-refractivity contribution in [2.24, 2.45) is 7.05 Å². The normalized spacial score (nSPS) is 19.4. The molecule has 4 rings (SSSR count). The molecule has 1 aromatic heterocycles. The molecule has 29 heavy (non-hydrogen) atoms. The molecular formula is C22H30N4O2S. The zero-order valence-electron chi connectivity index (χ0n) is 17.1. The van der Waals surface area contributed by atoms with Crippen molar-refractivity contribution in [3.8, 4) is 0 Å². The molecule has 2 aromatic rings. The summed E-state index contributed by atoms with van der Waals surface area (Å²) in [4.78, 5) is 17.5. The predicted molar refractivity (Wildman–Crippen MR) is 116 cm³/mol. The van der Waals surface area contributed by atoms with E-state index in [4.69, 9.17) is 0 Å². The van der Waals surface area contributed by atoms with Gasteiger partial charge in [0.1, 0.15) is 0 Å². The quantitative estimate of drug-likeness (QED) is 0.783. The summed E-state index contributed by atoms with van der Waals surface area (Å²) >= 11 is 1.91. The number of benzene rings is 1. The van der Waals surface area contributed by atoms with E-state index in [9.17, 15) is 9.90 Å². The Balaban J connectivity index is 1.55. The summed E-state index contributed by atoms with van der Waals surface area (Å²) in [5.41, 5.74) is 4.20. The molecule has 1 fully saturated rings. The van der Waals surface area contributed by atoms with Gasteiger partial charge < -0.3 is 10.0 Å². The lowest BCUT2D eigenvalue weighted by Crippen LogP contribution is -2.42. The first-order valence-electron chi connectivity index (χ1n) is 10.5. The minimum atomic E-state index is 0.0829.